The quantitative estimate of drug-likeness (QED) is 0.245. The van der Waals surface area contributed by atoms with E-state index < -0.39 is 17.7 Å². The first-order valence-electron chi connectivity index (χ1n) is 13.0. The molecule has 3 heterocycles. The maximum atomic E-state index is 13.4. The first-order valence-corrected chi connectivity index (χ1v) is 13.0. The Bertz CT molecular complexity index is 1380. The zero-order valence-corrected chi connectivity index (χ0v) is 21.9. The van der Waals surface area contributed by atoms with E-state index >= 15 is 0 Å². The van der Waals surface area contributed by atoms with Crippen molar-refractivity contribution < 1.29 is 24.2 Å². The number of ether oxygens (including phenoxy) is 2. The number of rotatable bonds is 8. The van der Waals surface area contributed by atoms with Crippen molar-refractivity contribution in [2.24, 2.45) is 5.92 Å². The molecule has 0 spiro atoms. The third kappa shape index (κ3) is 5.14. The zero-order valence-electron chi connectivity index (χ0n) is 21.9. The molecule has 0 unspecified atom stereocenters. The molecule has 196 valence electrons. The number of hydrogen-bond acceptors (Lipinski definition) is 6. The Kier molecular flexibility index (Phi) is 7.18. The summed E-state index contributed by atoms with van der Waals surface area (Å²) in [5.74, 6) is 0.372. The topological polar surface area (TPSA) is 89.0 Å². The van der Waals surface area contributed by atoms with Gasteiger partial charge in [0, 0.05) is 30.9 Å². The number of fused-ring (bicyclic) bond motifs is 1. The van der Waals surface area contributed by atoms with E-state index in [0.717, 1.165) is 23.3 Å². The second kappa shape index (κ2) is 10.7. The van der Waals surface area contributed by atoms with Crippen LogP contribution in [0.2, 0.25) is 0 Å². The van der Waals surface area contributed by atoms with Crippen LogP contribution in [0.15, 0.2) is 72.6 Å². The fourth-order valence-electron chi connectivity index (χ4n) is 4.99. The van der Waals surface area contributed by atoms with Crippen LogP contribution in [0.5, 0.6) is 11.5 Å². The molecule has 7 nitrogen and oxygen atoms in total. The van der Waals surface area contributed by atoms with Gasteiger partial charge in [0.2, 0.25) is 0 Å². The molecule has 1 saturated heterocycles. The molecule has 1 aromatic heterocycles. The zero-order chi connectivity index (χ0) is 26.8. The van der Waals surface area contributed by atoms with Crippen LogP contribution in [0.25, 0.3) is 5.76 Å². The first-order chi connectivity index (χ1) is 18.3. The first kappa shape index (κ1) is 25.5. The molecule has 0 saturated carbocycles. The van der Waals surface area contributed by atoms with E-state index in [1.807, 2.05) is 49.4 Å². The number of ketones is 1. The molecule has 1 N–H and O–H groups in total. The van der Waals surface area contributed by atoms with Crippen molar-refractivity contribution in [2.45, 2.75) is 52.3 Å². The summed E-state index contributed by atoms with van der Waals surface area (Å²) in [4.78, 5) is 32.4. The molecule has 5 rings (SSSR count). The highest BCUT2D eigenvalue weighted by Crippen LogP contribution is 2.42. The molecule has 1 fully saturated rings. The van der Waals surface area contributed by atoms with Crippen LogP contribution < -0.4 is 9.47 Å². The van der Waals surface area contributed by atoms with E-state index in [1.54, 1.807) is 24.5 Å². The number of carbonyl (C=O) groups excluding carboxylic acids is 2. The van der Waals surface area contributed by atoms with Gasteiger partial charge in [-0.2, -0.15) is 0 Å². The number of amides is 1. The maximum Gasteiger partial charge on any atom is 0.295 e. The van der Waals surface area contributed by atoms with Crippen molar-refractivity contribution in [3.8, 4) is 11.5 Å². The van der Waals surface area contributed by atoms with E-state index in [4.69, 9.17) is 9.47 Å². The number of pyridine rings is 1. The van der Waals surface area contributed by atoms with Crippen LogP contribution in [0.4, 0.5) is 0 Å². The minimum absolute atomic E-state index is 0.0479. The summed E-state index contributed by atoms with van der Waals surface area (Å²) >= 11 is 0. The average Bonchev–Trinajstić information content (AvgIpc) is 3.40. The number of aliphatic hydroxyl groups excluding tert-OH is 1. The van der Waals surface area contributed by atoms with Gasteiger partial charge >= 0.3 is 0 Å². The number of benzene rings is 2. The Labute approximate surface area is 222 Å². The minimum Gasteiger partial charge on any atom is -0.507 e. The Balaban J connectivity index is 1.57. The lowest BCUT2D eigenvalue weighted by Crippen LogP contribution is -2.29. The Morgan fingerprint density at radius 3 is 2.68 bits per heavy atom. The Morgan fingerprint density at radius 1 is 1.13 bits per heavy atom. The summed E-state index contributed by atoms with van der Waals surface area (Å²) in [5.41, 5.74) is 3.04. The predicted octanol–water partition coefficient (Wildman–Crippen LogP) is 5.45. The third-order valence-electron chi connectivity index (χ3n) is 6.95. The largest absolute Gasteiger partial charge is 0.507 e. The summed E-state index contributed by atoms with van der Waals surface area (Å²) in [6.45, 7) is 7.02. The Morgan fingerprint density at radius 2 is 1.92 bits per heavy atom. The van der Waals surface area contributed by atoms with Gasteiger partial charge in [0.25, 0.3) is 11.7 Å². The van der Waals surface area contributed by atoms with Gasteiger partial charge in [0.15, 0.2) is 0 Å². The van der Waals surface area contributed by atoms with Gasteiger partial charge in [-0.3, -0.25) is 14.6 Å². The van der Waals surface area contributed by atoms with Crippen molar-refractivity contribution in [2.75, 3.05) is 6.61 Å². The van der Waals surface area contributed by atoms with Gasteiger partial charge in [-0.05, 0) is 78.4 Å². The summed E-state index contributed by atoms with van der Waals surface area (Å²) < 4.78 is 11.8. The highest BCUT2D eigenvalue weighted by atomic mass is 16.5. The summed E-state index contributed by atoms with van der Waals surface area (Å²) in [7, 11) is 0. The van der Waals surface area contributed by atoms with Crippen LogP contribution in [-0.4, -0.2) is 39.4 Å². The summed E-state index contributed by atoms with van der Waals surface area (Å²) in [5, 5.41) is 11.5. The molecule has 3 aromatic rings. The number of nitrogens with zero attached hydrogens (tertiary/aromatic N) is 2. The lowest BCUT2D eigenvalue weighted by atomic mass is 9.94. The maximum absolute atomic E-state index is 13.4. The molecule has 2 aliphatic heterocycles. The third-order valence-corrected chi connectivity index (χ3v) is 6.95. The lowest BCUT2D eigenvalue weighted by molar-refractivity contribution is -0.140. The van der Waals surface area contributed by atoms with Crippen molar-refractivity contribution in [1.29, 1.82) is 0 Å². The van der Waals surface area contributed by atoms with E-state index in [0.29, 0.717) is 35.8 Å². The van der Waals surface area contributed by atoms with Gasteiger partial charge < -0.3 is 19.5 Å². The van der Waals surface area contributed by atoms with Gasteiger partial charge in [-0.15, -0.1) is 0 Å². The van der Waals surface area contributed by atoms with Crippen LogP contribution in [-0.2, 0) is 22.6 Å². The molecular weight excluding hydrogens is 480 g/mol. The van der Waals surface area contributed by atoms with Crippen molar-refractivity contribution in [1.82, 2.24) is 9.88 Å². The molecule has 1 amide bonds. The van der Waals surface area contributed by atoms with Crippen LogP contribution in [0.3, 0.4) is 0 Å². The molecular formula is C31H32N2O5. The molecule has 0 bridgehead atoms. The highest BCUT2D eigenvalue weighted by Gasteiger charge is 2.46. The molecule has 38 heavy (non-hydrogen) atoms. The number of aromatic nitrogens is 1. The number of likely N-dealkylation sites (tertiary alicyclic amines) is 1. The number of aliphatic hydroxyl groups is 1. The molecule has 7 heteroatoms. The number of hydrogen-bond donors (Lipinski definition) is 1. The Hall–Kier alpha value is -4.13. The monoisotopic (exact) mass is 512 g/mol. The van der Waals surface area contributed by atoms with Crippen LogP contribution >= 0.6 is 0 Å². The van der Waals surface area contributed by atoms with Crippen molar-refractivity contribution in [3.63, 3.8) is 0 Å². The highest BCUT2D eigenvalue weighted by molar-refractivity contribution is 6.46. The van der Waals surface area contributed by atoms with Crippen LogP contribution in [0, 0.1) is 5.92 Å². The average molecular weight is 513 g/mol. The van der Waals surface area contributed by atoms with Gasteiger partial charge in [0.05, 0.1) is 18.2 Å². The summed E-state index contributed by atoms with van der Waals surface area (Å²) in [6.07, 6.45) is 4.97. The molecule has 2 atom stereocenters. The van der Waals surface area contributed by atoms with Crippen LogP contribution in [0.1, 0.15) is 55.5 Å². The molecule has 2 aromatic carbocycles. The second-order valence-corrected chi connectivity index (χ2v) is 10.3. The normalized spacial score (nSPS) is 20.1. The van der Waals surface area contributed by atoms with E-state index in [-0.39, 0.29) is 24.0 Å². The molecule has 2 aliphatic rings. The SMILES string of the molecule is CC(C)CCOc1cccc([C@H]2C(=C(O)c3ccc4c(c3)C[C@H](C)O4)C(=O)C(=O)N2Cc2ccncc2)c1. The van der Waals surface area contributed by atoms with E-state index in [1.165, 1.54) is 4.90 Å². The van der Waals surface area contributed by atoms with Gasteiger partial charge in [0.1, 0.15) is 23.4 Å². The van der Waals surface area contributed by atoms with E-state index in [2.05, 4.69) is 18.8 Å². The second-order valence-electron chi connectivity index (χ2n) is 10.3. The van der Waals surface area contributed by atoms with Crippen molar-refractivity contribution >= 4 is 17.4 Å². The van der Waals surface area contributed by atoms with Gasteiger partial charge in [-0.25, -0.2) is 0 Å². The van der Waals surface area contributed by atoms with E-state index in [9.17, 15) is 14.7 Å². The molecule has 0 aliphatic carbocycles. The fourth-order valence-corrected chi connectivity index (χ4v) is 4.99. The molecule has 0 radical (unpaired) electrons. The smallest absolute Gasteiger partial charge is 0.295 e. The standard InChI is InChI=1S/C31H32N2O5/c1-19(2)11-14-37-25-6-4-5-22(17-25)28-27(29(34)23-7-8-26-24(16-23)15-20(3)38-26)30(35)31(36)33(28)18-21-9-12-32-13-10-21/h4-10,12-13,16-17,19-20,28,34H,11,14-15,18H2,1-3H3/t20-,28-/m0/s1. The summed E-state index contributed by atoms with van der Waals surface area (Å²) in [6, 6.07) is 15.6. The predicted molar refractivity (Wildman–Crippen MR) is 144 cm³/mol. The number of Topliss-reactive ketones (excluding diaryl/α,β-unsaturated/α-hetero) is 1. The van der Waals surface area contributed by atoms with Crippen molar-refractivity contribution in [3.05, 3.63) is 94.8 Å². The minimum atomic E-state index is -0.778. The number of carbonyl (C=O) groups is 2. The van der Waals surface area contributed by atoms with Gasteiger partial charge in [-0.1, -0.05) is 26.0 Å². The fraction of sp³-hybridized carbons (Fsp3) is 0.323. The lowest BCUT2D eigenvalue weighted by Gasteiger charge is -2.26.